The molecule has 29 heavy (non-hydrogen) atoms. The molecule has 1 N–H and O–H groups in total. The highest BCUT2D eigenvalue weighted by atomic mass is 16.6. The van der Waals surface area contributed by atoms with E-state index in [0.717, 1.165) is 44.2 Å². The maximum atomic E-state index is 11.3. The number of nitrogens with one attached hydrogen (secondary N) is 1. The first-order valence-electron chi connectivity index (χ1n) is 9.79. The van der Waals surface area contributed by atoms with Crippen molar-refractivity contribution in [1.82, 2.24) is 14.9 Å². The Morgan fingerprint density at radius 3 is 2.59 bits per heavy atom. The Labute approximate surface area is 169 Å². The molecule has 1 aliphatic heterocycles. The number of non-ortho nitro benzene ring substituents is 1. The van der Waals surface area contributed by atoms with Gasteiger partial charge in [0.1, 0.15) is 11.3 Å². The van der Waals surface area contributed by atoms with Crippen molar-refractivity contribution in [2.24, 2.45) is 0 Å². The van der Waals surface area contributed by atoms with Gasteiger partial charge in [0.15, 0.2) is 0 Å². The van der Waals surface area contributed by atoms with Crippen LogP contribution in [0.3, 0.4) is 0 Å². The summed E-state index contributed by atoms with van der Waals surface area (Å²) in [7, 11) is 0. The van der Waals surface area contributed by atoms with E-state index in [1.54, 1.807) is 30.5 Å². The number of rotatable bonds is 6. The van der Waals surface area contributed by atoms with E-state index in [2.05, 4.69) is 32.0 Å². The molecule has 0 bridgehead atoms. The zero-order chi connectivity index (χ0) is 20.2. The minimum Gasteiger partial charge on any atom is -0.380 e. The number of benzene rings is 1. The second kappa shape index (κ2) is 8.40. The van der Waals surface area contributed by atoms with E-state index in [0.29, 0.717) is 10.9 Å². The molecule has 1 aliphatic rings. The lowest BCUT2D eigenvalue weighted by Gasteiger charge is -2.36. The molecular formula is C21H24N6O2. The van der Waals surface area contributed by atoms with Gasteiger partial charge in [0.05, 0.1) is 16.0 Å². The van der Waals surface area contributed by atoms with Crippen LogP contribution in [0.2, 0.25) is 0 Å². The van der Waals surface area contributed by atoms with Gasteiger partial charge in [0.25, 0.3) is 5.69 Å². The van der Waals surface area contributed by atoms with E-state index in [1.807, 2.05) is 24.4 Å². The maximum absolute atomic E-state index is 11.3. The molecule has 0 radical (unpaired) electrons. The Hall–Kier alpha value is -3.26. The minimum atomic E-state index is -0.363. The number of nitro benzene ring substituents is 1. The Bertz CT molecular complexity index is 989. The van der Waals surface area contributed by atoms with Crippen LogP contribution in [0.1, 0.15) is 6.92 Å². The second-order valence-electron chi connectivity index (χ2n) is 7.31. The van der Waals surface area contributed by atoms with Crippen LogP contribution >= 0.6 is 0 Å². The predicted molar refractivity (Wildman–Crippen MR) is 114 cm³/mol. The number of nitro groups is 1. The number of hydrogen-bond donors (Lipinski definition) is 1. The SMILES string of the molecule is CC(CN1CCN(c2ccccn2)CC1)Nc1ccc([N+](=O)[O-])c2cccnc12. The highest BCUT2D eigenvalue weighted by Crippen LogP contribution is 2.30. The van der Waals surface area contributed by atoms with Gasteiger partial charge in [-0.1, -0.05) is 6.07 Å². The van der Waals surface area contributed by atoms with Gasteiger partial charge in [-0.3, -0.25) is 20.0 Å². The van der Waals surface area contributed by atoms with Gasteiger partial charge in [-0.25, -0.2) is 4.98 Å². The first-order valence-corrected chi connectivity index (χ1v) is 9.79. The molecule has 1 fully saturated rings. The van der Waals surface area contributed by atoms with Gasteiger partial charge in [-0.15, -0.1) is 0 Å². The normalized spacial score (nSPS) is 16.0. The molecule has 8 nitrogen and oxygen atoms in total. The van der Waals surface area contributed by atoms with E-state index >= 15 is 0 Å². The average molecular weight is 392 g/mol. The first-order chi connectivity index (χ1) is 14.1. The highest BCUT2D eigenvalue weighted by molar-refractivity contribution is 5.96. The first kappa shape index (κ1) is 19.1. The van der Waals surface area contributed by atoms with Crippen LogP contribution in [0.4, 0.5) is 17.2 Å². The number of anilines is 2. The van der Waals surface area contributed by atoms with Crippen molar-refractivity contribution in [3.8, 4) is 0 Å². The molecule has 3 aromatic rings. The van der Waals surface area contributed by atoms with Crippen molar-refractivity contribution in [1.29, 1.82) is 0 Å². The lowest BCUT2D eigenvalue weighted by Crippen LogP contribution is -2.49. The lowest BCUT2D eigenvalue weighted by molar-refractivity contribution is -0.383. The zero-order valence-electron chi connectivity index (χ0n) is 16.4. The zero-order valence-corrected chi connectivity index (χ0v) is 16.4. The maximum Gasteiger partial charge on any atom is 0.278 e. The van der Waals surface area contributed by atoms with E-state index in [1.165, 1.54) is 0 Å². The quantitative estimate of drug-likeness (QED) is 0.509. The van der Waals surface area contributed by atoms with Crippen LogP contribution in [0.15, 0.2) is 54.9 Å². The summed E-state index contributed by atoms with van der Waals surface area (Å²) in [5, 5.41) is 15.3. The van der Waals surface area contributed by atoms with E-state index in [9.17, 15) is 10.1 Å². The number of hydrogen-bond acceptors (Lipinski definition) is 7. The standard InChI is InChI=1S/C21H24N6O2/c1-16(15-25-11-13-26(14-12-25)20-6-2-3-9-22-20)24-18-7-8-19(27(28)29)17-5-4-10-23-21(17)18/h2-10,16,24H,11-15H2,1H3. The molecule has 0 saturated carbocycles. The Kier molecular flexibility index (Phi) is 5.53. The fourth-order valence-corrected chi connectivity index (χ4v) is 3.83. The molecule has 1 saturated heterocycles. The summed E-state index contributed by atoms with van der Waals surface area (Å²) in [5.74, 6) is 1.03. The van der Waals surface area contributed by atoms with Crippen LogP contribution in [0.25, 0.3) is 10.9 Å². The van der Waals surface area contributed by atoms with Crippen molar-refractivity contribution in [2.75, 3.05) is 42.9 Å². The van der Waals surface area contributed by atoms with E-state index in [4.69, 9.17) is 0 Å². The van der Waals surface area contributed by atoms with Crippen LogP contribution < -0.4 is 10.2 Å². The summed E-state index contributed by atoms with van der Waals surface area (Å²) < 4.78 is 0. The van der Waals surface area contributed by atoms with Gasteiger partial charge in [0, 0.05) is 57.2 Å². The number of piperazine rings is 1. The molecule has 1 unspecified atom stereocenters. The topological polar surface area (TPSA) is 87.4 Å². The van der Waals surface area contributed by atoms with Crippen molar-refractivity contribution in [2.45, 2.75) is 13.0 Å². The number of nitrogens with zero attached hydrogens (tertiary/aromatic N) is 5. The molecule has 3 heterocycles. The molecule has 0 amide bonds. The van der Waals surface area contributed by atoms with Crippen LogP contribution in [0, 0.1) is 10.1 Å². The molecule has 2 aromatic heterocycles. The van der Waals surface area contributed by atoms with Crippen molar-refractivity contribution >= 4 is 28.1 Å². The number of pyridine rings is 2. The van der Waals surface area contributed by atoms with E-state index in [-0.39, 0.29) is 16.7 Å². The molecule has 1 atom stereocenters. The van der Waals surface area contributed by atoms with Crippen molar-refractivity contribution in [3.63, 3.8) is 0 Å². The summed E-state index contributed by atoms with van der Waals surface area (Å²) in [4.78, 5) is 24.5. The smallest absolute Gasteiger partial charge is 0.278 e. The third-order valence-electron chi connectivity index (χ3n) is 5.22. The van der Waals surface area contributed by atoms with Gasteiger partial charge < -0.3 is 10.2 Å². The Morgan fingerprint density at radius 1 is 1.07 bits per heavy atom. The third kappa shape index (κ3) is 4.27. The molecule has 1 aromatic carbocycles. The largest absolute Gasteiger partial charge is 0.380 e. The Balaban J connectivity index is 1.39. The molecular weight excluding hydrogens is 368 g/mol. The van der Waals surface area contributed by atoms with Gasteiger partial charge in [-0.05, 0) is 37.3 Å². The summed E-state index contributed by atoms with van der Waals surface area (Å²) in [6, 6.07) is 13.0. The Morgan fingerprint density at radius 2 is 1.86 bits per heavy atom. The van der Waals surface area contributed by atoms with Gasteiger partial charge in [-0.2, -0.15) is 0 Å². The fourth-order valence-electron chi connectivity index (χ4n) is 3.83. The van der Waals surface area contributed by atoms with Crippen LogP contribution in [-0.2, 0) is 0 Å². The van der Waals surface area contributed by atoms with Crippen molar-refractivity contribution < 1.29 is 4.92 Å². The van der Waals surface area contributed by atoms with Gasteiger partial charge >= 0.3 is 0 Å². The highest BCUT2D eigenvalue weighted by Gasteiger charge is 2.20. The number of aromatic nitrogens is 2. The summed E-state index contributed by atoms with van der Waals surface area (Å²) in [6.45, 7) is 6.86. The van der Waals surface area contributed by atoms with E-state index < -0.39 is 0 Å². The molecule has 4 rings (SSSR count). The summed E-state index contributed by atoms with van der Waals surface area (Å²) in [5.41, 5.74) is 1.54. The molecule has 8 heteroatoms. The molecule has 150 valence electrons. The summed E-state index contributed by atoms with van der Waals surface area (Å²) >= 11 is 0. The monoisotopic (exact) mass is 392 g/mol. The third-order valence-corrected chi connectivity index (χ3v) is 5.22. The van der Waals surface area contributed by atoms with Crippen LogP contribution in [0.5, 0.6) is 0 Å². The average Bonchev–Trinajstić information content (AvgIpc) is 2.75. The summed E-state index contributed by atoms with van der Waals surface area (Å²) in [6.07, 6.45) is 3.50. The van der Waals surface area contributed by atoms with Crippen LogP contribution in [-0.4, -0.2) is 58.6 Å². The number of fused-ring (bicyclic) bond motifs is 1. The molecule has 0 aliphatic carbocycles. The minimum absolute atomic E-state index is 0.0805. The van der Waals surface area contributed by atoms with Gasteiger partial charge in [0.2, 0.25) is 0 Å². The second-order valence-corrected chi connectivity index (χ2v) is 7.31. The fraction of sp³-hybridized carbons (Fsp3) is 0.333. The lowest BCUT2D eigenvalue weighted by atomic mass is 10.1. The van der Waals surface area contributed by atoms with Crippen molar-refractivity contribution in [3.05, 3.63) is 65.0 Å². The molecule has 0 spiro atoms. The predicted octanol–water partition coefficient (Wildman–Crippen LogP) is 3.16.